The molecule has 0 fully saturated rings. The number of hydrogen-bond acceptors (Lipinski definition) is 8. The summed E-state index contributed by atoms with van der Waals surface area (Å²) < 4.78 is 65.2. The van der Waals surface area contributed by atoms with Crippen LogP contribution in [-0.4, -0.2) is 36.2 Å². The van der Waals surface area contributed by atoms with Crippen LogP contribution >= 0.6 is 0 Å². The molecule has 0 radical (unpaired) electrons. The molecule has 0 aliphatic carbocycles. The fraction of sp³-hybridized carbons (Fsp3) is 0.111. The van der Waals surface area contributed by atoms with E-state index in [2.05, 4.69) is 10.2 Å². The number of rotatable bonds is 4. The van der Waals surface area contributed by atoms with Gasteiger partial charge in [0.15, 0.2) is 5.75 Å². The van der Waals surface area contributed by atoms with Gasteiger partial charge in [0.25, 0.3) is 20.2 Å². The minimum absolute atomic E-state index is 0.0484. The summed E-state index contributed by atoms with van der Waals surface area (Å²) in [7, 11) is -9.44. The van der Waals surface area contributed by atoms with Crippen molar-refractivity contribution in [2.45, 2.75) is 23.6 Å². The zero-order valence-corrected chi connectivity index (χ0v) is 17.2. The Morgan fingerprint density at radius 1 is 0.800 bits per heavy atom. The molecule has 0 aliphatic rings. The molecule has 4 N–H and O–H groups in total. The molecule has 12 heteroatoms. The fourth-order valence-corrected chi connectivity index (χ4v) is 4.07. The molecule has 0 aliphatic heterocycles. The van der Waals surface area contributed by atoms with Crippen LogP contribution in [0.5, 0.6) is 11.5 Å². The lowest BCUT2D eigenvalue weighted by Gasteiger charge is -2.10. The lowest BCUT2D eigenvalue weighted by Crippen LogP contribution is -1.99. The molecular weight excluding hydrogens is 436 g/mol. The Bertz CT molecular complexity index is 1430. The summed E-state index contributed by atoms with van der Waals surface area (Å²) in [5.74, 6) is -1.07. The van der Waals surface area contributed by atoms with Gasteiger partial charge in [-0.1, -0.05) is 23.8 Å². The van der Waals surface area contributed by atoms with Gasteiger partial charge < -0.3 is 10.2 Å². The number of aromatic hydroxyl groups is 2. The van der Waals surface area contributed by atoms with Crippen LogP contribution in [0.2, 0.25) is 0 Å². The van der Waals surface area contributed by atoms with Gasteiger partial charge >= 0.3 is 0 Å². The molecule has 0 atom stereocenters. The second-order valence-corrected chi connectivity index (χ2v) is 9.37. The molecule has 0 bridgehead atoms. The molecular formula is C18H16N2O8S2. The van der Waals surface area contributed by atoms with E-state index in [1.54, 1.807) is 19.1 Å². The average molecular weight is 452 g/mol. The molecule has 3 aromatic carbocycles. The monoisotopic (exact) mass is 452 g/mol. The first-order chi connectivity index (χ1) is 13.8. The Morgan fingerprint density at radius 3 is 2.07 bits per heavy atom. The molecule has 158 valence electrons. The molecule has 3 aromatic rings. The fourth-order valence-electron chi connectivity index (χ4n) is 2.82. The maximum Gasteiger partial charge on any atom is 0.296 e. The van der Waals surface area contributed by atoms with Crippen LogP contribution in [-0.2, 0) is 20.2 Å². The molecule has 0 unspecified atom stereocenters. The topological polar surface area (TPSA) is 174 Å². The summed E-state index contributed by atoms with van der Waals surface area (Å²) in [5, 5.41) is 28.5. The molecule has 0 saturated carbocycles. The average Bonchev–Trinajstić information content (AvgIpc) is 2.61. The molecule has 30 heavy (non-hydrogen) atoms. The van der Waals surface area contributed by atoms with Crippen molar-refractivity contribution in [1.29, 1.82) is 0 Å². The number of aryl methyl sites for hydroxylation is 2. The molecule has 0 heterocycles. The molecule has 0 saturated heterocycles. The third-order valence-electron chi connectivity index (χ3n) is 4.29. The van der Waals surface area contributed by atoms with Crippen molar-refractivity contribution < 1.29 is 36.2 Å². The highest BCUT2D eigenvalue weighted by Gasteiger charge is 2.22. The molecule has 10 nitrogen and oxygen atoms in total. The number of phenols is 2. The number of hydrogen-bond donors (Lipinski definition) is 4. The zero-order valence-electron chi connectivity index (χ0n) is 15.6. The summed E-state index contributed by atoms with van der Waals surface area (Å²) in [6.07, 6.45) is 0. The lowest BCUT2D eigenvalue weighted by atomic mass is 10.1. The van der Waals surface area contributed by atoms with Crippen molar-refractivity contribution in [3.8, 4) is 11.5 Å². The second-order valence-electron chi connectivity index (χ2n) is 6.55. The maximum atomic E-state index is 11.8. The highest BCUT2D eigenvalue weighted by Crippen LogP contribution is 2.42. The van der Waals surface area contributed by atoms with Crippen LogP contribution in [0.15, 0.2) is 56.4 Å². The summed E-state index contributed by atoms with van der Waals surface area (Å²) >= 11 is 0. The van der Waals surface area contributed by atoms with E-state index in [0.29, 0.717) is 5.39 Å². The van der Waals surface area contributed by atoms with Crippen LogP contribution in [0.4, 0.5) is 11.4 Å². The first kappa shape index (κ1) is 21.6. The summed E-state index contributed by atoms with van der Waals surface area (Å²) in [6.45, 7) is 3.10. The van der Waals surface area contributed by atoms with Crippen LogP contribution in [0.1, 0.15) is 11.1 Å². The summed E-state index contributed by atoms with van der Waals surface area (Å²) in [6, 6.07) is 7.70. The quantitative estimate of drug-likeness (QED) is 0.342. The number of nitrogens with zero attached hydrogens (tertiary/aromatic N) is 2. The van der Waals surface area contributed by atoms with Gasteiger partial charge in [-0.05, 0) is 43.0 Å². The van der Waals surface area contributed by atoms with Crippen LogP contribution < -0.4 is 0 Å². The third-order valence-corrected chi connectivity index (χ3v) is 5.99. The van der Waals surface area contributed by atoms with E-state index >= 15 is 0 Å². The lowest BCUT2D eigenvalue weighted by molar-refractivity contribution is 0.469. The summed E-state index contributed by atoms with van der Waals surface area (Å²) in [4.78, 5) is -1.30. The normalized spacial score (nSPS) is 12.7. The number of fused-ring (bicyclic) bond motifs is 1. The smallest absolute Gasteiger partial charge is 0.296 e. The Kier molecular flexibility index (Phi) is 5.28. The maximum absolute atomic E-state index is 11.8. The number of phenolic OH excluding ortho intramolecular Hbond substituents is 2. The largest absolute Gasteiger partial charge is 0.505 e. The van der Waals surface area contributed by atoms with Crippen molar-refractivity contribution in [3.05, 3.63) is 47.5 Å². The SMILES string of the molecule is Cc1ccc2c(O)c(N=Nc3cc(S(=O)(=O)O)cc(C)c3O)c(S(=O)(=O)O)cc2c1. The van der Waals surface area contributed by atoms with E-state index in [4.69, 9.17) is 0 Å². The van der Waals surface area contributed by atoms with Crippen molar-refractivity contribution in [2.24, 2.45) is 10.2 Å². The van der Waals surface area contributed by atoms with Crippen LogP contribution in [0, 0.1) is 13.8 Å². The van der Waals surface area contributed by atoms with Gasteiger partial charge in [-0.15, -0.1) is 10.2 Å². The molecule has 0 spiro atoms. The molecule has 3 rings (SSSR count). The van der Waals surface area contributed by atoms with Gasteiger partial charge in [0.2, 0.25) is 0 Å². The zero-order chi connectivity index (χ0) is 22.4. The van der Waals surface area contributed by atoms with Gasteiger partial charge in [0, 0.05) is 5.39 Å². The van der Waals surface area contributed by atoms with Crippen molar-refractivity contribution >= 4 is 42.4 Å². The van der Waals surface area contributed by atoms with E-state index in [-0.39, 0.29) is 10.9 Å². The van der Waals surface area contributed by atoms with Gasteiger partial charge in [0.1, 0.15) is 22.0 Å². The Balaban J connectivity index is 2.28. The van der Waals surface area contributed by atoms with E-state index in [0.717, 1.165) is 23.8 Å². The van der Waals surface area contributed by atoms with Gasteiger partial charge in [-0.2, -0.15) is 16.8 Å². The Hall–Kier alpha value is -3.06. The van der Waals surface area contributed by atoms with Gasteiger partial charge in [-0.25, -0.2) is 0 Å². The highest BCUT2D eigenvalue weighted by molar-refractivity contribution is 7.86. The van der Waals surface area contributed by atoms with Gasteiger partial charge in [-0.3, -0.25) is 9.11 Å². The molecule has 0 aromatic heterocycles. The first-order valence-electron chi connectivity index (χ1n) is 8.25. The standard InChI is InChI=1S/C18H16N2O8S2/c1-9-3-4-13-11(5-9)7-15(30(26,27)28)16(18(13)22)20-19-14-8-12(29(23,24)25)6-10(2)17(14)21/h3-8,21-22H,1-2H3,(H,23,24,25)(H,26,27,28). The first-order valence-corrected chi connectivity index (χ1v) is 11.1. The number of benzene rings is 3. The van der Waals surface area contributed by atoms with Crippen molar-refractivity contribution in [3.63, 3.8) is 0 Å². The van der Waals surface area contributed by atoms with Crippen molar-refractivity contribution in [1.82, 2.24) is 0 Å². The third kappa shape index (κ3) is 4.11. The van der Waals surface area contributed by atoms with Crippen LogP contribution in [0.25, 0.3) is 10.8 Å². The van der Waals surface area contributed by atoms with E-state index in [9.17, 15) is 36.2 Å². The highest BCUT2D eigenvalue weighted by atomic mass is 32.2. The minimum Gasteiger partial charge on any atom is -0.505 e. The second kappa shape index (κ2) is 7.32. The number of azo groups is 1. The predicted molar refractivity (Wildman–Crippen MR) is 107 cm³/mol. The van der Waals surface area contributed by atoms with Gasteiger partial charge in [0.05, 0.1) is 4.90 Å². The van der Waals surface area contributed by atoms with E-state index < -0.39 is 52.9 Å². The molecule has 0 amide bonds. The van der Waals surface area contributed by atoms with E-state index in [1.165, 1.54) is 13.0 Å². The van der Waals surface area contributed by atoms with E-state index in [1.807, 2.05) is 0 Å². The Morgan fingerprint density at radius 2 is 1.47 bits per heavy atom. The van der Waals surface area contributed by atoms with Crippen LogP contribution in [0.3, 0.4) is 0 Å². The van der Waals surface area contributed by atoms with Crippen molar-refractivity contribution in [2.75, 3.05) is 0 Å². The minimum atomic E-state index is -4.83. The Labute approximate surface area is 171 Å². The predicted octanol–water partition coefficient (Wildman–Crippen LogP) is 3.78. The summed E-state index contributed by atoms with van der Waals surface area (Å²) in [5.41, 5.74) is -0.192.